The van der Waals surface area contributed by atoms with Crippen molar-refractivity contribution in [2.45, 2.75) is 45.6 Å². The monoisotopic (exact) mass is 438 g/mol. The van der Waals surface area contributed by atoms with E-state index in [2.05, 4.69) is 27.2 Å². The average molecular weight is 439 g/mol. The van der Waals surface area contributed by atoms with Crippen molar-refractivity contribution in [3.05, 3.63) is 52.8 Å². The molecule has 5 nitrogen and oxygen atoms in total. The topological polar surface area (TPSA) is 57.6 Å². The van der Waals surface area contributed by atoms with Crippen LogP contribution >= 0.6 is 11.6 Å². The predicted octanol–water partition coefficient (Wildman–Crippen LogP) is 4.51. The molecule has 1 spiro atoms. The lowest BCUT2D eigenvalue weighted by Gasteiger charge is -2.52. The Morgan fingerprint density at radius 2 is 1.97 bits per heavy atom. The zero-order valence-electron chi connectivity index (χ0n) is 18.6. The quantitative estimate of drug-likeness (QED) is 0.698. The summed E-state index contributed by atoms with van der Waals surface area (Å²) in [4.78, 5) is 24.4. The highest BCUT2D eigenvalue weighted by molar-refractivity contribution is 6.45. The minimum absolute atomic E-state index is 0.0703. The van der Waals surface area contributed by atoms with Gasteiger partial charge in [0.1, 0.15) is 5.71 Å². The van der Waals surface area contributed by atoms with Crippen LogP contribution in [-0.2, 0) is 4.79 Å². The third kappa shape index (κ3) is 4.83. The number of hydrogen-bond acceptors (Lipinski definition) is 4. The second-order valence-corrected chi connectivity index (χ2v) is 9.56. The first-order valence-corrected chi connectivity index (χ1v) is 11.5. The first-order chi connectivity index (χ1) is 14.9. The summed E-state index contributed by atoms with van der Waals surface area (Å²) in [5, 5.41) is 3.85. The van der Waals surface area contributed by atoms with Gasteiger partial charge in [0.25, 0.3) is 5.91 Å². The van der Waals surface area contributed by atoms with Crippen molar-refractivity contribution < 1.29 is 4.79 Å². The van der Waals surface area contributed by atoms with Crippen molar-refractivity contribution in [1.82, 2.24) is 15.2 Å². The molecule has 0 unspecified atom stereocenters. The van der Waals surface area contributed by atoms with E-state index in [1.807, 2.05) is 38.1 Å². The number of carbonyl (C=O) groups excluding carboxylic acids is 1. The molecule has 0 atom stereocenters. The van der Waals surface area contributed by atoms with E-state index in [0.29, 0.717) is 22.7 Å². The fourth-order valence-corrected chi connectivity index (χ4v) is 5.08. The van der Waals surface area contributed by atoms with Crippen molar-refractivity contribution in [2.24, 2.45) is 10.4 Å². The third-order valence-electron chi connectivity index (χ3n) is 6.80. The Bertz CT molecular complexity index is 987. The molecular weight excluding hydrogens is 408 g/mol. The van der Waals surface area contributed by atoms with Gasteiger partial charge in [0.05, 0.1) is 5.02 Å². The van der Waals surface area contributed by atoms with Crippen LogP contribution in [0.1, 0.15) is 43.7 Å². The number of aliphatic imine (C=N–C) groups is 1. The zero-order chi connectivity index (χ0) is 22.0. The minimum Gasteiger partial charge on any atom is -0.348 e. The Morgan fingerprint density at radius 3 is 2.65 bits per heavy atom. The smallest absolute Gasteiger partial charge is 0.270 e. The van der Waals surface area contributed by atoms with E-state index in [4.69, 9.17) is 11.6 Å². The lowest BCUT2D eigenvalue weighted by molar-refractivity contribution is -0.117. The summed E-state index contributed by atoms with van der Waals surface area (Å²) < 4.78 is 0. The molecule has 1 saturated heterocycles. The van der Waals surface area contributed by atoms with E-state index < -0.39 is 0 Å². The van der Waals surface area contributed by atoms with E-state index >= 15 is 0 Å². The number of aromatic nitrogens is 1. The first kappa shape index (κ1) is 22.0. The van der Waals surface area contributed by atoms with Crippen LogP contribution in [0, 0.1) is 12.3 Å². The standard InChI is InChI=1S/C25H31ClN4O/c1-4-28-23(24(31)29-21-13-25(14-21)7-9-30(3)10-8-25)22-12-18(6-5-17(22)2)19-11-20(26)16-27-15-19/h5-6,11-12,15-16,21H,4,7-10,13-14H2,1-3H3,(H,29,31). The van der Waals surface area contributed by atoms with Crippen LogP contribution in [0.15, 0.2) is 41.7 Å². The third-order valence-corrected chi connectivity index (χ3v) is 7.01. The Morgan fingerprint density at radius 1 is 1.23 bits per heavy atom. The van der Waals surface area contributed by atoms with Gasteiger partial charge in [-0.3, -0.25) is 14.8 Å². The minimum atomic E-state index is -0.0703. The molecule has 1 amide bonds. The van der Waals surface area contributed by atoms with Crippen LogP contribution < -0.4 is 5.32 Å². The van der Waals surface area contributed by atoms with Crippen LogP contribution in [0.25, 0.3) is 11.1 Å². The molecule has 31 heavy (non-hydrogen) atoms. The highest BCUT2D eigenvalue weighted by atomic mass is 35.5. The molecular formula is C25H31ClN4O. The van der Waals surface area contributed by atoms with Crippen LogP contribution in [0.2, 0.25) is 5.02 Å². The van der Waals surface area contributed by atoms with Crippen LogP contribution in [-0.4, -0.2) is 54.2 Å². The molecule has 0 bridgehead atoms. The summed E-state index contributed by atoms with van der Waals surface area (Å²) in [5.74, 6) is -0.0703. The fraction of sp³-hybridized carbons (Fsp3) is 0.480. The van der Waals surface area contributed by atoms with E-state index in [-0.39, 0.29) is 11.9 Å². The molecule has 0 radical (unpaired) electrons. The Balaban J connectivity index is 1.51. The SMILES string of the molecule is CCN=C(C(=O)NC1CC2(CCN(C)CC2)C1)c1cc(-c2cncc(Cl)c2)ccc1C. The molecule has 2 fully saturated rings. The maximum absolute atomic E-state index is 13.2. The normalized spacial score (nSPS) is 19.3. The summed E-state index contributed by atoms with van der Waals surface area (Å²) in [6.07, 6.45) is 8.04. The second kappa shape index (κ2) is 9.09. The Kier molecular flexibility index (Phi) is 6.44. The average Bonchev–Trinajstić information content (AvgIpc) is 2.73. The van der Waals surface area contributed by atoms with E-state index in [1.54, 1.807) is 12.4 Å². The summed E-state index contributed by atoms with van der Waals surface area (Å²) in [7, 11) is 2.19. The largest absolute Gasteiger partial charge is 0.348 e. The van der Waals surface area contributed by atoms with E-state index in [0.717, 1.165) is 48.2 Å². The lowest BCUT2D eigenvalue weighted by atomic mass is 9.60. The van der Waals surface area contributed by atoms with Crippen molar-refractivity contribution in [3.63, 3.8) is 0 Å². The summed E-state index contributed by atoms with van der Waals surface area (Å²) >= 11 is 6.12. The van der Waals surface area contributed by atoms with Gasteiger partial charge < -0.3 is 10.2 Å². The molecule has 1 aliphatic heterocycles. The van der Waals surface area contributed by atoms with Gasteiger partial charge in [-0.25, -0.2) is 0 Å². The van der Waals surface area contributed by atoms with Crippen molar-refractivity contribution in [3.8, 4) is 11.1 Å². The van der Waals surface area contributed by atoms with Gasteiger partial charge in [-0.1, -0.05) is 23.7 Å². The van der Waals surface area contributed by atoms with Crippen molar-refractivity contribution in [2.75, 3.05) is 26.7 Å². The molecule has 1 aromatic heterocycles. The molecule has 6 heteroatoms. The van der Waals surface area contributed by atoms with Gasteiger partial charge >= 0.3 is 0 Å². The molecule has 2 heterocycles. The highest BCUT2D eigenvalue weighted by Crippen LogP contribution is 2.48. The molecule has 4 rings (SSSR count). The van der Waals surface area contributed by atoms with Crippen LogP contribution in [0.5, 0.6) is 0 Å². The number of hydrogen-bond donors (Lipinski definition) is 1. The number of halogens is 1. The van der Waals surface area contributed by atoms with Gasteiger partial charge in [-0.05, 0) is 88.3 Å². The van der Waals surface area contributed by atoms with Crippen molar-refractivity contribution in [1.29, 1.82) is 0 Å². The van der Waals surface area contributed by atoms with E-state index in [1.165, 1.54) is 12.8 Å². The number of rotatable bonds is 5. The first-order valence-electron chi connectivity index (χ1n) is 11.1. The summed E-state index contributed by atoms with van der Waals surface area (Å²) in [6.45, 7) is 6.86. The van der Waals surface area contributed by atoms with Crippen LogP contribution in [0.3, 0.4) is 0 Å². The number of amides is 1. The Hall–Kier alpha value is -2.24. The molecule has 1 aliphatic carbocycles. The molecule has 1 aromatic carbocycles. The molecule has 164 valence electrons. The lowest BCUT2D eigenvalue weighted by Crippen LogP contribution is -2.55. The number of carbonyl (C=O) groups is 1. The number of pyridine rings is 1. The molecule has 2 aromatic rings. The van der Waals surface area contributed by atoms with Gasteiger partial charge in [0, 0.05) is 36.1 Å². The fourth-order valence-electron chi connectivity index (χ4n) is 4.91. The number of likely N-dealkylation sites (tertiary alicyclic amines) is 1. The number of benzene rings is 1. The predicted molar refractivity (Wildman–Crippen MR) is 127 cm³/mol. The Labute approximate surface area is 189 Å². The maximum Gasteiger partial charge on any atom is 0.270 e. The molecule has 2 aliphatic rings. The van der Waals surface area contributed by atoms with E-state index in [9.17, 15) is 4.79 Å². The molecule has 1 N–H and O–H groups in total. The maximum atomic E-state index is 13.2. The highest BCUT2D eigenvalue weighted by Gasteiger charge is 2.46. The van der Waals surface area contributed by atoms with Crippen molar-refractivity contribution >= 4 is 23.2 Å². The number of nitrogens with zero attached hydrogens (tertiary/aromatic N) is 3. The molecule has 1 saturated carbocycles. The summed E-state index contributed by atoms with van der Waals surface area (Å²) in [6, 6.07) is 8.22. The van der Waals surface area contributed by atoms with Crippen LogP contribution in [0.4, 0.5) is 0 Å². The summed E-state index contributed by atoms with van der Waals surface area (Å²) in [5.41, 5.74) is 4.74. The van der Waals surface area contributed by atoms with Gasteiger partial charge in [-0.15, -0.1) is 0 Å². The number of nitrogens with one attached hydrogen (secondary N) is 1. The second-order valence-electron chi connectivity index (χ2n) is 9.13. The number of aryl methyl sites for hydroxylation is 1. The number of piperidine rings is 1. The van der Waals surface area contributed by atoms with Gasteiger partial charge in [0.15, 0.2) is 0 Å². The van der Waals surface area contributed by atoms with Gasteiger partial charge in [0.2, 0.25) is 0 Å². The zero-order valence-corrected chi connectivity index (χ0v) is 19.4. The van der Waals surface area contributed by atoms with Gasteiger partial charge in [-0.2, -0.15) is 0 Å².